The van der Waals surface area contributed by atoms with Crippen LogP contribution in [-0.2, 0) is 17.8 Å². The van der Waals surface area contributed by atoms with Gasteiger partial charge in [0.05, 0.1) is 12.3 Å². The summed E-state index contributed by atoms with van der Waals surface area (Å²) in [5, 5.41) is 5.00. The molecule has 2 aromatic heterocycles. The molecule has 3 rings (SSSR count). The van der Waals surface area contributed by atoms with Crippen LogP contribution in [-0.4, -0.2) is 22.2 Å². The zero-order valence-electron chi connectivity index (χ0n) is 12.8. The maximum atomic E-state index is 5.40. The van der Waals surface area contributed by atoms with Crippen molar-refractivity contribution in [2.75, 3.05) is 7.11 Å². The van der Waals surface area contributed by atoms with Crippen molar-refractivity contribution < 1.29 is 9.26 Å². The lowest BCUT2D eigenvalue weighted by Gasteiger charge is -2.00. The molecule has 114 valence electrons. The number of hydrogen-bond donors (Lipinski definition) is 0. The highest BCUT2D eigenvalue weighted by molar-refractivity contribution is 7.15. The Morgan fingerprint density at radius 2 is 2.00 bits per heavy atom. The van der Waals surface area contributed by atoms with Crippen molar-refractivity contribution in [2.45, 2.75) is 26.9 Å². The van der Waals surface area contributed by atoms with Gasteiger partial charge in [-0.05, 0) is 25.0 Å². The Hall–Kier alpha value is -2.05. The van der Waals surface area contributed by atoms with Crippen LogP contribution in [0, 0.1) is 13.8 Å². The van der Waals surface area contributed by atoms with Crippen molar-refractivity contribution >= 4 is 11.3 Å². The van der Waals surface area contributed by atoms with Crippen LogP contribution in [0.2, 0.25) is 0 Å². The fraction of sp³-hybridized carbons (Fsp3) is 0.312. The molecule has 5 nitrogen and oxygen atoms in total. The van der Waals surface area contributed by atoms with Gasteiger partial charge in [0.1, 0.15) is 9.88 Å². The minimum atomic E-state index is 0.496. The Kier molecular flexibility index (Phi) is 4.31. The molecule has 0 bridgehead atoms. The Morgan fingerprint density at radius 3 is 2.77 bits per heavy atom. The van der Waals surface area contributed by atoms with Gasteiger partial charge in [0.2, 0.25) is 0 Å². The molecule has 0 saturated heterocycles. The largest absolute Gasteiger partial charge is 0.378 e. The zero-order valence-corrected chi connectivity index (χ0v) is 13.6. The van der Waals surface area contributed by atoms with Gasteiger partial charge in [-0.15, -0.1) is 11.3 Å². The smallest absolute Gasteiger partial charge is 0.269 e. The summed E-state index contributed by atoms with van der Waals surface area (Å²) >= 11 is 1.53. The highest BCUT2D eigenvalue weighted by Crippen LogP contribution is 2.29. The van der Waals surface area contributed by atoms with Crippen LogP contribution in [0.5, 0.6) is 0 Å². The van der Waals surface area contributed by atoms with E-state index in [1.165, 1.54) is 22.5 Å². The Morgan fingerprint density at radius 1 is 1.18 bits per heavy atom. The molecule has 3 aromatic rings. The molecule has 22 heavy (non-hydrogen) atoms. The lowest BCUT2D eigenvalue weighted by molar-refractivity contribution is 0.184. The fourth-order valence-corrected chi connectivity index (χ4v) is 3.19. The quantitative estimate of drug-likeness (QED) is 0.720. The number of methoxy groups -OCH3 is 1. The van der Waals surface area contributed by atoms with E-state index in [0.29, 0.717) is 24.7 Å². The molecule has 0 saturated carbocycles. The summed E-state index contributed by atoms with van der Waals surface area (Å²) in [5.41, 5.74) is 3.32. The van der Waals surface area contributed by atoms with Gasteiger partial charge in [0.25, 0.3) is 5.89 Å². The second kappa shape index (κ2) is 6.37. The second-order valence-electron chi connectivity index (χ2n) is 5.07. The number of aryl methyl sites for hydroxylation is 2. The summed E-state index contributed by atoms with van der Waals surface area (Å²) in [5.74, 6) is 1.21. The Bertz CT molecular complexity index is 779. The predicted molar refractivity (Wildman–Crippen MR) is 84.8 cm³/mol. The molecule has 6 heteroatoms. The van der Waals surface area contributed by atoms with E-state index >= 15 is 0 Å². The van der Waals surface area contributed by atoms with Gasteiger partial charge >= 0.3 is 0 Å². The van der Waals surface area contributed by atoms with Crippen LogP contribution in [0.25, 0.3) is 10.8 Å². The van der Waals surface area contributed by atoms with Crippen LogP contribution < -0.4 is 0 Å². The molecule has 0 amide bonds. The molecule has 1 aromatic carbocycles. The van der Waals surface area contributed by atoms with E-state index in [9.17, 15) is 0 Å². The van der Waals surface area contributed by atoms with Crippen LogP contribution in [0.15, 0.2) is 28.8 Å². The average Bonchev–Trinajstić information content (AvgIpc) is 3.09. The van der Waals surface area contributed by atoms with Crippen molar-refractivity contribution in [3.63, 3.8) is 0 Å². The number of aromatic nitrogens is 3. The number of hydrogen-bond acceptors (Lipinski definition) is 6. The maximum absolute atomic E-state index is 5.40. The normalized spacial score (nSPS) is 11.0. The first-order valence-corrected chi connectivity index (χ1v) is 7.81. The SMILES string of the molecule is COCc1nc(C)c(-c2nc(Cc3ccccc3C)no2)s1. The van der Waals surface area contributed by atoms with Gasteiger partial charge in [0, 0.05) is 13.5 Å². The van der Waals surface area contributed by atoms with E-state index in [2.05, 4.69) is 34.2 Å². The third kappa shape index (κ3) is 3.08. The molecule has 0 atom stereocenters. The number of nitrogens with zero attached hydrogens (tertiary/aromatic N) is 3. The van der Waals surface area contributed by atoms with E-state index in [4.69, 9.17) is 9.26 Å². The minimum absolute atomic E-state index is 0.496. The molecule has 0 unspecified atom stereocenters. The van der Waals surface area contributed by atoms with Crippen molar-refractivity contribution in [3.05, 3.63) is 51.9 Å². The summed E-state index contributed by atoms with van der Waals surface area (Å²) in [6.45, 7) is 4.52. The van der Waals surface area contributed by atoms with Crippen molar-refractivity contribution in [1.82, 2.24) is 15.1 Å². The number of benzene rings is 1. The van der Waals surface area contributed by atoms with E-state index in [1.807, 2.05) is 19.1 Å². The summed E-state index contributed by atoms with van der Waals surface area (Å²) in [6.07, 6.45) is 0.666. The number of rotatable bonds is 5. The van der Waals surface area contributed by atoms with Crippen LogP contribution in [0.1, 0.15) is 27.7 Å². The topological polar surface area (TPSA) is 61.0 Å². The molecular weight excluding hydrogens is 298 g/mol. The second-order valence-corrected chi connectivity index (χ2v) is 6.16. The van der Waals surface area contributed by atoms with Gasteiger partial charge in [-0.2, -0.15) is 4.98 Å². The van der Waals surface area contributed by atoms with Gasteiger partial charge in [0.15, 0.2) is 5.82 Å². The monoisotopic (exact) mass is 315 g/mol. The van der Waals surface area contributed by atoms with E-state index in [0.717, 1.165) is 15.6 Å². The van der Waals surface area contributed by atoms with Gasteiger partial charge in [-0.3, -0.25) is 0 Å². The molecule has 0 N–H and O–H groups in total. The van der Waals surface area contributed by atoms with Gasteiger partial charge in [-0.25, -0.2) is 4.98 Å². The van der Waals surface area contributed by atoms with E-state index in [-0.39, 0.29) is 0 Å². The third-order valence-electron chi connectivity index (χ3n) is 3.38. The predicted octanol–water partition coefficient (Wildman–Crippen LogP) is 3.55. The molecule has 0 spiro atoms. The zero-order chi connectivity index (χ0) is 15.5. The summed E-state index contributed by atoms with van der Waals surface area (Å²) in [6, 6.07) is 8.22. The molecule has 0 aliphatic carbocycles. The van der Waals surface area contributed by atoms with Gasteiger partial charge in [-0.1, -0.05) is 29.4 Å². The summed E-state index contributed by atoms with van der Waals surface area (Å²) in [4.78, 5) is 9.87. The molecule has 0 fully saturated rings. The Balaban J connectivity index is 1.83. The maximum Gasteiger partial charge on any atom is 0.269 e. The van der Waals surface area contributed by atoms with Crippen molar-refractivity contribution in [1.29, 1.82) is 0 Å². The molecule has 2 heterocycles. The standard InChI is InChI=1S/C16H17N3O2S/c1-10-6-4-5-7-12(10)8-13-18-16(21-19-13)15-11(2)17-14(22-15)9-20-3/h4-7H,8-9H2,1-3H3. The molecule has 0 aliphatic rings. The van der Waals surface area contributed by atoms with E-state index < -0.39 is 0 Å². The minimum Gasteiger partial charge on any atom is -0.378 e. The van der Waals surface area contributed by atoms with Crippen molar-refractivity contribution in [2.24, 2.45) is 0 Å². The van der Waals surface area contributed by atoms with Crippen LogP contribution in [0.4, 0.5) is 0 Å². The van der Waals surface area contributed by atoms with Crippen molar-refractivity contribution in [3.8, 4) is 10.8 Å². The number of thiazole rings is 1. The first-order chi connectivity index (χ1) is 10.7. The highest BCUT2D eigenvalue weighted by atomic mass is 32.1. The lowest BCUT2D eigenvalue weighted by atomic mass is 10.1. The number of ether oxygens (including phenoxy) is 1. The Labute approximate surface area is 133 Å². The fourth-order valence-electron chi connectivity index (χ4n) is 2.23. The van der Waals surface area contributed by atoms with Crippen LogP contribution in [0.3, 0.4) is 0 Å². The lowest BCUT2D eigenvalue weighted by Crippen LogP contribution is -1.93. The summed E-state index contributed by atoms with van der Waals surface area (Å²) in [7, 11) is 1.66. The first kappa shape index (κ1) is 14.9. The van der Waals surface area contributed by atoms with Crippen LogP contribution >= 0.6 is 11.3 Å². The first-order valence-electron chi connectivity index (χ1n) is 7.00. The average molecular weight is 315 g/mol. The summed E-state index contributed by atoms with van der Waals surface area (Å²) < 4.78 is 10.5. The third-order valence-corrected chi connectivity index (χ3v) is 4.50. The molecular formula is C16H17N3O2S. The molecule has 0 aliphatic heterocycles. The highest BCUT2D eigenvalue weighted by Gasteiger charge is 2.16. The van der Waals surface area contributed by atoms with E-state index in [1.54, 1.807) is 7.11 Å². The molecule has 0 radical (unpaired) electrons. The van der Waals surface area contributed by atoms with Gasteiger partial charge < -0.3 is 9.26 Å².